The summed E-state index contributed by atoms with van der Waals surface area (Å²) in [6, 6.07) is 0. The number of hydrogen-bond donors (Lipinski definition) is 2. The Balaban J connectivity index is 2.25. The molecule has 0 aromatic heterocycles. The van der Waals surface area contributed by atoms with E-state index in [2.05, 4.69) is 10.3 Å². The van der Waals surface area contributed by atoms with Crippen molar-refractivity contribution in [1.29, 1.82) is 0 Å². The minimum Gasteiger partial charge on any atom is -0.340 e. The Kier molecular flexibility index (Phi) is 3.46. The highest BCUT2D eigenvalue weighted by Gasteiger charge is 2.17. The molecule has 5 nitrogen and oxygen atoms in total. The highest BCUT2D eigenvalue weighted by Crippen LogP contribution is 1.99. The molecule has 5 heteroatoms. The number of carbonyl (C=O) groups is 1. The lowest BCUT2D eigenvalue weighted by molar-refractivity contribution is -0.130. The van der Waals surface area contributed by atoms with Gasteiger partial charge in [-0.1, -0.05) is 0 Å². The van der Waals surface area contributed by atoms with E-state index in [1.807, 2.05) is 4.90 Å². The van der Waals surface area contributed by atoms with Crippen LogP contribution in [0.3, 0.4) is 0 Å². The first-order valence-electron chi connectivity index (χ1n) is 4.15. The van der Waals surface area contributed by atoms with Gasteiger partial charge < -0.3 is 4.90 Å². The molecule has 1 aliphatic rings. The molecule has 1 saturated heterocycles. The van der Waals surface area contributed by atoms with Gasteiger partial charge in [0.25, 0.3) is 0 Å². The fourth-order valence-corrected chi connectivity index (χ4v) is 1.35. The van der Waals surface area contributed by atoms with E-state index < -0.39 is 0 Å². The molecule has 0 aromatic rings. The number of nitrogens with zero attached hydrogens (tertiary/aromatic N) is 2. The van der Waals surface area contributed by atoms with Gasteiger partial charge in [0.05, 0.1) is 6.67 Å². The van der Waals surface area contributed by atoms with Crippen LogP contribution in [-0.4, -0.2) is 48.6 Å². The van der Waals surface area contributed by atoms with Crippen molar-refractivity contribution in [3.8, 4) is 0 Å². The van der Waals surface area contributed by atoms with Gasteiger partial charge in [-0.3, -0.25) is 15.5 Å². The van der Waals surface area contributed by atoms with Crippen LogP contribution in [0.15, 0.2) is 0 Å². The van der Waals surface area contributed by atoms with Crippen LogP contribution in [0.25, 0.3) is 0 Å². The van der Waals surface area contributed by atoms with Crippen LogP contribution in [0.4, 0.5) is 0 Å². The van der Waals surface area contributed by atoms with E-state index in [0.29, 0.717) is 6.67 Å². The van der Waals surface area contributed by atoms with Gasteiger partial charge in [-0.15, -0.1) is 0 Å². The fraction of sp³-hybridized carbons (Fsp3) is 0.857. The van der Waals surface area contributed by atoms with Crippen molar-refractivity contribution in [3.63, 3.8) is 0 Å². The molecule has 1 rings (SSSR count). The molecule has 1 fully saturated rings. The van der Waals surface area contributed by atoms with Crippen LogP contribution in [-0.2, 0) is 4.79 Å². The molecule has 3 N–H and O–H groups in total. The number of amides is 1. The van der Waals surface area contributed by atoms with Crippen molar-refractivity contribution in [3.05, 3.63) is 0 Å². The van der Waals surface area contributed by atoms with Crippen molar-refractivity contribution in [2.45, 2.75) is 6.92 Å². The largest absolute Gasteiger partial charge is 0.340 e. The Labute approximate surface area is 72.5 Å². The lowest BCUT2D eigenvalue weighted by atomic mass is 10.3. The van der Waals surface area contributed by atoms with E-state index in [4.69, 9.17) is 5.84 Å². The third-order valence-corrected chi connectivity index (χ3v) is 2.13. The van der Waals surface area contributed by atoms with E-state index in [0.717, 1.165) is 26.2 Å². The first-order chi connectivity index (χ1) is 5.74. The lowest BCUT2D eigenvalue weighted by Crippen LogP contribution is -2.51. The summed E-state index contributed by atoms with van der Waals surface area (Å²) in [6.45, 7) is 5.75. The molecular weight excluding hydrogens is 156 g/mol. The first kappa shape index (κ1) is 9.44. The minimum absolute atomic E-state index is 0.162. The Morgan fingerprint density at radius 2 is 2.00 bits per heavy atom. The van der Waals surface area contributed by atoms with Crippen LogP contribution in [0.2, 0.25) is 0 Å². The Bertz CT molecular complexity index is 153. The molecule has 0 radical (unpaired) electrons. The van der Waals surface area contributed by atoms with Gasteiger partial charge in [0.15, 0.2) is 0 Å². The van der Waals surface area contributed by atoms with Crippen molar-refractivity contribution in [2.24, 2.45) is 5.84 Å². The maximum absolute atomic E-state index is 10.9. The average Bonchev–Trinajstić information content (AvgIpc) is 2.06. The third kappa shape index (κ3) is 2.44. The molecule has 1 heterocycles. The van der Waals surface area contributed by atoms with E-state index >= 15 is 0 Å². The van der Waals surface area contributed by atoms with Crippen LogP contribution in [0, 0.1) is 0 Å². The molecule has 0 unspecified atom stereocenters. The molecule has 12 heavy (non-hydrogen) atoms. The second kappa shape index (κ2) is 4.39. The standard InChI is InChI=1S/C7H16N4O/c1-7(12)11-4-2-10(3-5-11)6-9-8/h9H,2-6,8H2,1H3. The maximum atomic E-state index is 10.9. The van der Waals surface area contributed by atoms with Crippen molar-refractivity contribution >= 4 is 5.91 Å². The number of nitrogens with one attached hydrogen (secondary N) is 1. The number of hydrogen-bond acceptors (Lipinski definition) is 4. The maximum Gasteiger partial charge on any atom is 0.219 e. The van der Waals surface area contributed by atoms with Crippen molar-refractivity contribution in [1.82, 2.24) is 15.2 Å². The minimum atomic E-state index is 0.162. The summed E-state index contributed by atoms with van der Waals surface area (Å²) < 4.78 is 0. The molecule has 0 atom stereocenters. The van der Waals surface area contributed by atoms with Crippen molar-refractivity contribution in [2.75, 3.05) is 32.8 Å². The molecular formula is C7H16N4O. The zero-order valence-corrected chi connectivity index (χ0v) is 7.42. The molecule has 1 aliphatic heterocycles. The molecule has 0 bridgehead atoms. The molecule has 0 saturated carbocycles. The topological polar surface area (TPSA) is 61.6 Å². The van der Waals surface area contributed by atoms with Gasteiger partial charge in [0.2, 0.25) is 5.91 Å². The Morgan fingerprint density at radius 3 is 2.42 bits per heavy atom. The second-order valence-corrected chi connectivity index (χ2v) is 2.99. The molecule has 1 amide bonds. The van der Waals surface area contributed by atoms with Crippen LogP contribution < -0.4 is 11.3 Å². The zero-order valence-electron chi connectivity index (χ0n) is 7.42. The number of carbonyl (C=O) groups excluding carboxylic acids is 1. The average molecular weight is 172 g/mol. The van der Waals surface area contributed by atoms with E-state index in [1.165, 1.54) is 0 Å². The van der Waals surface area contributed by atoms with E-state index in [1.54, 1.807) is 6.92 Å². The SMILES string of the molecule is CC(=O)N1CCN(CNN)CC1. The van der Waals surface area contributed by atoms with Crippen LogP contribution in [0.1, 0.15) is 6.92 Å². The summed E-state index contributed by atoms with van der Waals surface area (Å²) in [6.07, 6.45) is 0. The Morgan fingerprint density at radius 1 is 1.42 bits per heavy atom. The number of rotatable bonds is 2. The first-order valence-corrected chi connectivity index (χ1v) is 4.15. The monoisotopic (exact) mass is 172 g/mol. The van der Waals surface area contributed by atoms with E-state index in [9.17, 15) is 4.79 Å². The summed E-state index contributed by atoms with van der Waals surface area (Å²) in [5.74, 6) is 5.34. The summed E-state index contributed by atoms with van der Waals surface area (Å²) >= 11 is 0. The van der Waals surface area contributed by atoms with Gasteiger partial charge in [0, 0.05) is 33.1 Å². The normalized spacial score (nSPS) is 19.7. The summed E-state index contributed by atoms with van der Waals surface area (Å²) in [4.78, 5) is 15.0. The zero-order chi connectivity index (χ0) is 8.97. The van der Waals surface area contributed by atoms with Crippen LogP contribution >= 0.6 is 0 Å². The number of piperazine rings is 1. The predicted molar refractivity (Wildman–Crippen MR) is 46.0 cm³/mol. The molecule has 0 aromatic carbocycles. The predicted octanol–water partition coefficient (Wildman–Crippen LogP) is -1.43. The lowest BCUT2D eigenvalue weighted by Gasteiger charge is -2.33. The summed E-state index contributed by atoms with van der Waals surface area (Å²) in [5.41, 5.74) is 2.60. The number of nitrogens with two attached hydrogens (primary N) is 1. The van der Waals surface area contributed by atoms with Gasteiger partial charge in [-0.2, -0.15) is 0 Å². The quantitative estimate of drug-likeness (QED) is 0.396. The smallest absolute Gasteiger partial charge is 0.219 e. The Hall–Kier alpha value is -0.650. The third-order valence-electron chi connectivity index (χ3n) is 2.13. The van der Waals surface area contributed by atoms with Crippen molar-refractivity contribution < 1.29 is 4.79 Å². The van der Waals surface area contributed by atoms with Gasteiger partial charge in [-0.25, -0.2) is 5.43 Å². The molecule has 0 spiro atoms. The fourth-order valence-electron chi connectivity index (χ4n) is 1.35. The summed E-state index contributed by atoms with van der Waals surface area (Å²) in [5, 5.41) is 0. The highest BCUT2D eigenvalue weighted by molar-refractivity contribution is 5.73. The van der Waals surface area contributed by atoms with Gasteiger partial charge >= 0.3 is 0 Å². The van der Waals surface area contributed by atoms with E-state index in [-0.39, 0.29) is 5.91 Å². The van der Waals surface area contributed by atoms with Crippen LogP contribution in [0.5, 0.6) is 0 Å². The molecule has 70 valence electrons. The van der Waals surface area contributed by atoms with Gasteiger partial charge in [-0.05, 0) is 0 Å². The molecule has 0 aliphatic carbocycles. The number of hydrazine groups is 1. The van der Waals surface area contributed by atoms with Gasteiger partial charge in [0.1, 0.15) is 0 Å². The second-order valence-electron chi connectivity index (χ2n) is 2.99. The highest BCUT2D eigenvalue weighted by atomic mass is 16.2. The summed E-state index contributed by atoms with van der Waals surface area (Å²) in [7, 11) is 0.